The minimum Gasteiger partial charge on any atom is -0.548 e. The molecule has 0 saturated heterocycles. The summed E-state index contributed by atoms with van der Waals surface area (Å²) in [6, 6.07) is -2.83. The molecule has 0 rings (SSSR count). The summed E-state index contributed by atoms with van der Waals surface area (Å²) >= 11 is 0.552. The Balaban J connectivity index is 0. The number of thioether (sulfide) groups is 1. The molecule has 0 radical (unpaired) electrons. The molecule has 0 aliphatic rings. The molecule has 0 bridgehead atoms. The van der Waals surface area contributed by atoms with Crippen LogP contribution in [0.15, 0.2) is 0 Å². The third-order valence-corrected chi connectivity index (χ3v) is 4.44. The average Bonchev–Trinajstić information content (AvgIpc) is 2.58. The number of carboxylic acids is 4. The molecule has 3 unspecified atom stereocenters. The molecule has 0 aliphatic heterocycles. The Morgan fingerprint density at radius 2 is 1.66 bits per heavy atom. The maximum Gasteiger partial charge on any atom is 2.00 e. The normalized spacial score (nSPS) is 13.1. The van der Waals surface area contributed by atoms with Crippen LogP contribution in [-0.2, 0) is 28.8 Å². The smallest absolute Gasteiger partial charge is 0.548 e. The van der Waals surface area contributed by atoms with Crippen LogP contribution in [0.25, 0.3) is 0 Å². The third kappa shape index (κ3) is 14.1. The van der Waals surface area contributed by atoms with Crippen molar-refractivity contribution in [1.82, 2.24) is 10.6 Å². The van der Waals surface area contributed by atoms with Crippen LogP contribution in [0.1, 0.15) is 19.3 Å². The largest absolute Gasteiger partial charge is 2.00 e. The third-order valence-electron chi connectivity index (χ3n) is 3.14. The van der Waals surface area contributed by atoms with Gasteiger partial charge in [-0.25, -0.2) is 0 Å². The van der Waals surface area contributed by atoms with Crippen molar-refractivity contribution in [2.24, 2.45) is 5.73 Å². The van der Waals surface area contributed by atoms with Crippen molar-refractivity contribution >= 4 is 85.2 Å². The molecule has 0 spiro atoms. The van der Waals surface area contributed by atoms with E-state index in [9.17, 15) is 39.0 Å². The monoisotopic (exact) mass is 461 g/mol. The minimum atomic E-state index is -1.61. The predicted molar refractivity (Wildman–Crippen MR) is 94.1 cm³/mol. The van der Waals surface area contributed by atoms with Gasteiger partial charge in [0.15, 0.2) is 0 Å². The Labute approximate surface area is 198 Å². The van der Waals surface area contributed by atoms with Crippen LogP contribution in [0.4, 0.5) is 0 Å². The summed E-state index contributed by atoms with van der Waals surface area (Å²) in [6.07, 6.45) is -1.45. The molecule has 29 heavy (non-hydrogen) atoms. The fourth-order valence-electron chi connectivity index (χ4n) is 1.72. The zero-order valence-corrected chi connectivity index (χ0v) is 18.1. The minimum absolute atomic E-state index is 0. The molecular weight excluding hydrogens is 442 g/mol. The van der Waals surface area contributed by atoms with Gasteiger partial charge in [0.1, 0.15) is 11.3 Å². The molecule has 3 atom stereocenters. The van der Waals surface area contributed by atoms with E-state index in [-0.39, 0.29) is 49.9 Å². The van der Waals surface area contributed by atoms with Crippen LogP contribution in [0, 0.1) is 0 Å². The molecule has 0 aromatic rings. The van der Waals surface area contributed by atoms with Gasteiger partial charge in [0.25, 0.3) is 0 Å². The van der Waals surface area contributed by atoms with E-state index in [1.54, 1.807) is 0 Å². The van der Waals surface area contributed by atoms with Gasteiger partial charge in [0.2, 0.25) is 11.8 Å². The number of hydrogen-bond donors (Lipinski definition) is 5. The number of carbonyl (C=O) groups excluding carboxylic acids is 4. The molecule has 0 aliphatic carbocycles. The fraction of sp³-hybridized carbons (Fsp3) is 0.571. The Morgan fingerprint density at radius 3 is 2.10 bits per heavy atom. The Kier molecular flexibility index (Phi) is 15.6. The van der Waals surface area contributed by atoms with E-state index in [0.717, 1.165) is 0 Å². The number of nitrogens with two attached hydrogens (primary N) is 1. The van der Waals surface area contributed by atoms with Crippen LogP contribution >= 0.6 is 11.8 Å². The number of amides is 2. The van der Waals surface area contributed by atoms with E-state index in [0.29, 0.717) is 11.8 Å². The van der Waals surface area contributed by atoms with E-state index in [2.05, 4.69) is 5.32 Å². The maximum absolute atomic E-state index is 12.0. The number of hydrogen-bond acceptors (Lipinski definition) is 10. The number of aliphatic carboxylic acids is 4. The summed E-state index contributed by atoms with van der Waals surface area (Å²) < 4.78 is 0. The quantitative estimate of drug-likeness (QED) is 0.152. The average molecular weight is 461 g/mol. The van der Waals surface area contributed by atoms with Crippen molar-refractivity contribution in [2.45, 2.75) is 36.6 Å². The van der Waals surface area contributed by atoms with Gasteiger partial charge in [-0.2, -0.15) is 0 Å². The van der Waals surface area contributed by atoms with Gasteiger partial charge < -0.3 is 46.4 Å². The second kappa shape index (κ2) is 15.3. The molecule has 0 fully saturated rings. The summed E-state index contributed by atoms with van der Waals surface area (Å²) in [6.45, 7) is -0.872. The van der Waals surface area contributed by atoms with Gasteiger partial charge in [-0.05, 0) is 6.42 Å². The SMILES string of the molecule is NC(CCC(=O)NC(CSC(CC(=O)O)C(=O)O)C(=O)NCC(=O)[O-])C(=O)[O-].[Ca+2]. The van der Waals surface area contributed by atoms with Crippen molar-refractivity contribution in [1.29, 1.82) is 0 Å². The zero-order chi connectivity index (χ0) is 21.9. The summed E-state index contributed by atoms with van der Waals surface area (Å²) in [5, 5.41) is 41.4. The second-order valence-electron chi connectivity index (χ2n) is 5.43. The molecule has 0 saturated carbocycles. The molecule has 158 valence electrons. The summed E-state index contributed by atoms with van der Waals surface area (Å²) in [7, 11) is 0. The molecule has 0 aromatic carbocycles. The van der Waals surface area contributed by atoms with Crippen molar-refractivity contribution < 1.29 is 49.2 Å². The van der Waals surface area contributed by atoms with E-state index >= 15 is 0 Å². The second-order valence-corrected chi connectivity index (χ2v) is 6.67. The van der Waals surface area contributed by atoms with Crippen LogP contribution in [0.3, 0.4) is 0 Å². The zero-order valence-electron chi connectivity index (χ0n) is 15.1. The standard InChI is InChI=1S/C14H21N3O10S.Ca/c15-6(13(24)25)1-2-9(18)17-7(12(23)16-4-11(21)22)5-28-8(14(26)27)3-10(19)20;/h6-8H,1-5,15H2,(H,16,23)(H,17,18)(H,19,20)(H,21,22)(H,24,25)(H,26,27);/q;+2/p-2. The summed E-state index contributed by atoms with van der Waals surface area (Å²) in [4.78, 5) is 66.6. The first kappa shape index (κ1) is 29.6. The van der Waals surface area contributed by atoms with E-state index in [1.807, 2.05) is 5.32 Å². The summed E-state index contributed by atoms with van der Waals surface area (Å²) in [5.41, 5.74) is 5.20. The Bertz CT molecular complexity index is 633. The van der Waals surface area contributed by atoms with Crippen LogP contribution in [-0.4, -0.2) is 113 Å². The van der Waals surface area contributed by atoms with Gasteiger partial charge in [0, 0.05) is 18.2 Å². The molecule has 0 heterocycles. The van der Waals surface area contributed by atoms with Crippen molar-refractivity contribution in [3.05, 3.63) is 0 Å². The van der Waals surface area contributed by atoms with Gasteiger partial charge in [-0.15, -0.1) is 11.8 Å². The van der Waals surface area contributed by atoms with Crippen LogP contribution < -0.4 is 26.6 Å². The van der Waals surface area contributed by atoms with Crippen molar-refractivity contribution in [3.8, 4) is 0 Å². The van der Waals surface area contributed by atoms with Gasteiger partial charge in [0.05, 0.1) is 24.9 Å². The van der Waals surface area contributed by atoms with E-state index in [4.69, 9.17) is 15.9 Å². The topological polar surface area (TPSA) is 239 Å². The van der Waals surface area contributed by atoms with Gasteiger partial charge in [-0.3, -0.25) is 19.2 Å². The van der Waals surface area contributed by atoms with E-state index in [1.165, 1.54) is 0 Å². The molecule has 6 N–H and O–H groups in total. The maximum atomic E-state index is 12.0. The first-order chi connectivity index (χ1) is 12.9. The van der Waals surface area contributed by atoms with Gasteiger partial charge >= 0.3 is 49.7 Å². The van der Waals surface area contributed by atoms with Crippen LogP contribution in [0.5, 0.6) is 0 Å². The van der Waals surface area contributed by atoms with E-state index < -0.39 is 72.4 Å². The Hall–Kier alpha value is -1.61. The van der Waals surface area contributed by atoms with Crippen molar-refractivity contribution in [3.63, 3.8) is 0 Å². The van der Waals surface area contributed by atoms with Crippen LogP contribution in [0.2, 0.25) is 0 Å². The molecular formula is C14H19CaN3O10S. The first-order valence-electron chi connectivity index (χ1n) is 7.73. The molecule has 0 aromatic heterocycles. The fourth-order valence-corrected chi connectivity index (χ4v) is 2.79. The predicted octanol–water partition coefficient (Wildman–Crippen LogP) is -5.52. The number of rotatable bonds is 14. The number of carboxylic acid groups (broad SMARTS) is 4. The number of carbonyl (C=O) groups is 6. The number of nitrogens with one attached hydrogen (secondary N) is 2. The molecule has 15 heteroatoms. The summed E-state index contributed by atoms with van der Waals surface area (Å²) in [5.74, 6) is -8.21. The first-order valence-corrected chi connectivity index (χ1v) is 8.78. The van der Waals surface area contributed by atoms with Crippen molar-refractivity contribution in [2.75, 3.05) is 12.3 Å². The Morgan fingerprint density at radius 1 is 1.07 bits per heavy atom. The van der Waals surface area contributed by atoms with Gasteiger partial charge in [-0.1, -0.05) is 0 Å². The molecule has 13 nitrogen and oxygen atoms in total. The molecule has 2 amide bonds.